The van der Waals surface area contributed by atoms with E-state index in [1.54, 1.807) is 0 Å². The van der Waals surface area contributed by atoms with Crippen LogP contribution in [0.15, 0.2) is 16.6 Å². The van der Waals surface area contributed by atoms with Crippen LogP contribution in [-0.4, -0.2) is 18.2 Å². The number of aromatic carboxylic acids is 1. The van der Waals surface area contributed by atoms with E-state index in [0.29, 0.717) is 0 Å². The molecule has 0 unspecified atom stereocenters. The molecule has 70 valence electrons. The van der Waals surface area contributed by atoms with E-state index in [0.717, 1.165) is 0 Å². The molecule has 0 aromatic heterocycles. The van der Waals surface area contributed by atoms with E-state index in [4.69, 9.17) is 5.11 Å². The van der Waals surface area contributed by atoms with Crippen molar-refractivity contribution in [1.82, 2.24) is 0 Å². The molecule has 0 saturated carbocycles. The molecule has 0 spiro atoms. The standard InChI is InChI=1S/C8H6BrFO3/c1-13-5-3-2-4(8(11)12)6(9)7(5)10/h2-3H,1H3,(H,11,12). The van der Waals surface area contributed by atoms with Crippen LogP contribution < -0.4 is 4.74 Å². The number of benzene rings is 1. The number of ether oxygens (including phenoxy) is 1. The van der Waals surface area contributed by atoms with Crippen LogP contribution in [0.4, 0.5) is 4.39 Å². The van der Waals surface area contributed by atoms with E-state index >= 15 is 0 Å². The normalized spacial score (nSPS) is 9.77. The lowest BCUT2D eigenvalue weighted by Crippen LogP contribution is -2.00. The molecule has 0 saturated heterocycles. The summed E-state index contributed by atoms with van der Waals surface area (Å²) in [6.45, 7) is 0. The Morgan fingerprint density at radius 1 is 1.62 bits per heavy atom. The first-order chi connectivity index (χ1) is 6.07. The lowest BCUT2D eigenvalue weighted by Gasteiger charge is -2.05. The molecule has 1 aromatic rings. The minimum absolute atomic E-state index is 0.0110. The van der Waals surface area contributed by atoms with Crippen LogP contribution in [0.2, 0.25) is 0 Å². The summed E-state index contributed by atoms with van der Waals surface area (Å²) < 4.78 is 17.8. The molecular weight excluding hydrogens is 243 g/mol. The molecule has 3 nitrogen and oxygen atoms in total. The van der Waals surface area contributed by atoms with Crippen LogP contribution >= 0.6 is 15.9 Å². The third-order valence-electron chi connectivity index (χ3n) is 1.50. The molecule has 0 bridgehead atoms. The van der Waals surface area contributed by atoms with E-state index in [1.807, 2.05) is 0 Å². The fourth-order valence-corrected chi connectivity index (χ4v) is 1.35. The maximum Gasteiger partial charge on any atom is 0.336 e. The van der Waals surface area contributed by atoms with E-state index in [-0.39, 0.29) is 15.8 Å². The Hall–Kier alpha value is -1.10. The van der Waals surface area contributed by atoms with E-state index in [2.05, 4.69) is 20.7 Å². The Morgan fingerprint density at radius 3 is 2.69 bits per heavy atom. The molecule has 1 N–H and O–H groups in total. The van der Waals surface area contributed by atoms with Crippen LogP contribution in [0.5, 0.6) is 5.75 Å². The number of methoxy groups -OCH3 is 1. The molecule has 0 atom stereocenters. The molecule has 0 aliphatic heterocycles. The van der Waals surface area contributed by atoms with Gasteiger partial charge in [0.2, 0.25) is 0 Å². The molecule has 1 aromatic carbocycles. The van der Waals surface area contributed by atoms with Gasteiger partial charge in [0.15, 0.2) is 11.6 Å². The predicted molar refractivity (Wildman–Crippen MR) is 47.6 cm³/mol. The van der Waals surface area contributed by atoms with Crippen molar-refractivity contribution in [2.45, 2.75) is 0 Å². The minimum Gasteiger partial charge on any atom is -0.494 e. The summed E-state index contributed by atoms with van der Waals surface area (Å²) >= 11 is 2.84. The molecule has 0 fully saturated rings. The SMILES string of the molecule is COc1ccc(C(=O)O)c(Br)c1F. The molecule has 0 heterocycles. The number of carboxylic acids is 1. The largest absolute Gasteiger partial charge is 0.494 e. The molecule has 0 aliphatic carbocycles. The topological polar surface area (TPSA) is 46.5 Å². The van der Waals surface area contributed by atoms with Gasteiger partial charge < -0.3 is 9.84 Å². The first-order valence-electron chi connectivity index (χ1n) is 3.33. The van der Waals surface area contributed by atoms with Crippen LogP contribution in [0.3, 0.4) is 0 Å². The fraction of sp³-hybridized carbons (Fsp3) is 0.125. The van der Waals surface area contributed by atoms with Gasteiger partial charge in [-0.1, -0.05) is 0 Å². The van der Waals surface area contributed by atoms with Crippen molar-refractivity contribution in [1.29, 1.82) is 0 Å². The summed E-state index contributed by atoms with van der Waals surface area (Å²) in [6, 6.07) is 2.54. The second-order valence-electron chi connectivity index (χ2n) is 2.25. The molecule has 1 rings (SSSR count). The quantitative estimate of drug-likeness (QED) is 0.874. The van der Waals surface area contributed by atoms with Gasteiger partial charge in [-0.05, 0) is 28.1 Å². The Labute approximate surface area is 82.3 Å². The average Bonchev–Trinajstić information content (AvgIpc) is 2.09. The zero-order valence-electron chi connectivity index (χ0n) is 6.67. The third-order valence-corrected chi connectivity index (χ3v) is 2.27. The summed E-state index contributed by atoms with van der Waals surface area (Å²) in [7, 11) is 1.31. The zero-order valence-corrected chi connectivity index (χ0v) is 8.26. The van der Waals surface area contributed by atoms with Gasteiger partial charge in [-0.3, -0.25) is 0 Å². The summed E-state index contributed by atoms with van der Waals surface area (Å²) in [4.78, 5) is 10.5. The molecule has 0 radical (unpaired) electrons. The van der Waals surface area contributed by atoms with Gasteiger partial charge in [-0.2, -0.15) is 0 Å². The summed E-state index contributed by atoms with van der Waals surface area (Å²) in [6.07, 6.45) is 0. The van der Waals surface area contributed by atoms with Crippen molar-refractivity contribution in [3.63, 3.8) is 0 Å². The minimum atomic E-state index is -1.19. The highest BCUT2D eigenvalue weighted by atomic mass is 79.9. The number of rotatable bonds is 2. The lowest BCUT2D eigenvalue weighted by atomic mass is 10.2. The van der Waals surface area contributed by atoms with E-state index in [1.165, 1.54) is 19.2 Å². The van der Waals surface area contributed by atoms with Crippen LogP contribution in [-0.2, 0) is 0 Å². The number of carboxylic acid groups (broad SMARTS) is 1. The average molecular weight is 249 g/mol. The summed E-state index contributed by atoms with van der Waals surface area (Å²) in [5.41, 5.74) is -0.127. The van der Waals surface area contributed by atoms with Crippen molar-refractivity contribution < 1.29 is 19.0 Å². The highest BCUT2D eigenvalue weighted by Crippen LogP contribution is 2.28. The van der Waals surface area contributed by atoms with E-state index in [9.17, 15) is 9.18 Å². The number of halogens is 2. The monoisotopic (exact) mass is 248 g/mol. The molecule has 13 heavy (non-hydrogen) atoms. The van der Waals surface area contributed by atoms with Crippen molar-refractivity contribution >= 4 is 21.9 Å². The highest BCUT2D eigenvalue weighted by molar-refractivity contribution is 9.10. The molecular formula is C8H6BrFO3. The van der Waals surface area contributed by atoms with Crippen LogP contribution in [0.1, 0.15) is 10.4 Å². The number of hydrogen-bond donors (Lipinski definition) is 1. The highest BCUT2D eigenvalue weighted by Gasteiger charge is 2.15. The second kappa shape index (κ2) is 3.74. The molecule has 0 amide bonds. The first-order valence-corrected chi connectivity index (χ1v) is 4.12. The van der Waals surface area contributed by atoms with Gasteiger partial charge in [-0.25, -0.2) is 9.18 Å². The Bertz CT molecular complexity index is 351. The third kappa shape index (κ3) is 1.80. The van der Waals surface area contributed by atoms with Crippen LogP contribution in [0.25, 0.3) is 0 Å². The van der Waals surface area contributed by atoms with Gasteiger partial charge >= 0.3 is 5.97 Å². The summed E-state index contributed by atoms with van der Waals surface area (Å²) in [5, 5.41) is 8.62. The lowest BCUT2D eigenvalue weighted by molar-refractivity contribution is 0.0695. The number of hydrogen-bond acceptors (Lipinski definition) is 2. The smallest absolute Gasteiger partial charge is 0.336 e. The Morgan fingerprint density at radius 2 is 2.23 bits per heavy atom. The van der Waals surface area contributed by atoms with Gasteiger partial charge in [0.1, 0.15) is 0 Å². The molecule has 5 heteroatoms. The zero-order chi connectivity index (χ0) is 10.0. The van der Waals surface area contributed by atoms with Crippen molar-refractivity contribution in [3.8, 4) is 5.75 Å². The Balaban J connectivity index is 3.31. The van der Waals surface area contributed by atoms with Gasteiger partial charge in [0.05, 0.1) is 17.1 Å². The van der Waals surface area contributed by atoms with Gasteiger partial charge in [0.25, 0.3) is 0 Å². The van der Waals surface area contributed by atoms with Crippen molar-refractivity contribution in [3.05, 3.63) is 28.0 Å². The van der Waals surface area contributed by atoms with E-state index < -0.39 is 11.8 Å². The molecule has 0 aliphatic rings. The predicted octanol–water partition coefficient (Wildman–Crippen LogP) is 2.29. The van der Waals surface area contributed by atoms with Gasteiger partial charge in [-0.15, -0.1) is 0 Å². The summed E-state index contributed by atoms with van der Waals surface area (Å²) in [5.74, 6) is -1.88. The maximum absolute atomic E-state index is 13.2. The Kier molecular flexibility index (Phi) is 2.87. The second-order valence-corrected chi connectivity index (χ2v) is 3.04. The fourth-order valence-electron chi connectivity index (χ4n) is 0.855. The maximum atomic E-state index is 13.2. The first kappa shape index (κ1) is 9.98. The van der Waals surface area contributed by atoms with Crippen LogP contribution in [0, 0.1) is 5.82 Å². The number of carbonyl (C=O) groups is 1. The van der Waals surface area contributed by atoms with Crippen molar-refractivity contribution in [2.75, 3.05) is 7.11 Å². The van der Waals surface area contributed by atoms with Crippen molar-refractivity contribution in [2.24, 2.45) is 0 Å². The van der Waals surface area contributed by atoms with Gasteiger partial charge in [0, 0.05) is 0 Å².